The second-order valence-corrected chi connectivity index (χ2v) is 9.15. The first-order valence-electron chi connectivity index (χ1n) is 8.35. The van der Waals surface area contributed by atoms with Crippen molar-refractivity contribution in [3.8, 4) is 5.75 Å². The van der Waals surface area contributed by atoms with E-state index < -0.39 is 31.9 Å². The predicted molar refractivity (Wildman–Crippen MR) is 91.1 cm³/mol. The molecule has 0 saturated carbocycles. The number of hydrogen-bond donors (Lipinski definition) is 0. The molecule has 1 aliphatic heterocycles. The van der Waals surface area contributed by atoms with Gasteiger partial charge in [0, 0.05) is 25.9 Å². The van der Waals surface area contributed by atoms with Crippen LogP contribution in [-0.2, 0) is 14.6 Å². The molecule has 0 aliphatic carbocycles. The van der Waals surface area contributed by atoms with Gasteiger partial charge < -0.3 is 14.4 Å². The van der Waals surface area contributed by atoms with Crippen LogP contribution in [0.3, 0.4) is 0 Å². The van der Waals surface area contributed by atoms with Gasteiger partial charge in [0.05, 0.1) is 4.90 Å². The highest BCUT2D eigenvalue weighted by Crippen LogP contribution is 2.31. The highest BCUT2D eigenvalue weighted by atomic mass is 32.2. The first-order chi connectivity index (χ1) is 12.3. The summed E-state index contributed by atoms with van der Waals surface area (Å²) in [7, 11) is -5.37. The molecule has 1 aliphatic rings. The zero-order chi connectivity index (χ0) is 20.5. The molecule has 2 rings (SSSR count). The largest absolute Gasteiger partial charge is 0.501 e. The van der Waals surface area contributed by atoms with Crippen LogP contribution < -0.4 is 4.74 Å². The molecule has 0 atom stereocenters. The summed E-state index contributed by atoms with van der Waals surface area (Å²) in [6, 6.07) is 4.12. The lowest BCUT2D eigenvalue weighted by atomic mass is 10.1. The van der Waals surface area contributed by atoms with Crippen molar-refractivity contribution in [1.29, 1.82) is 0 Å². The maximum atomic E-state index is 12.5. The Morgan fingerprint density at radius 1 is 1.07 bits per heavy atom. The average Bonchev–Trinajstić information content (AvgIpc) is 2.53. The Morgan fingerprint density at radius 2 is 1.59 bits per heavy atom. The van der Waals surface area contributed by atoms with Crippen LogP contribution in [0.15, 0.2) is 29.2 Å². The quantitative estimate of drug-likeness (QED) is 0.760. The number of hydrogen-bond acceptors (Lipinski definition) is 5. The highest BCUT2D eigenvalue weighted by Gasteiger charge is 2.46. The monoisotopic (exact) mass is 409 g/mol. The second-order valence-electron chi connectivity index (χ2n) is 7.21. The SMILES string of the molecule is CC(C)(C)OC(=O)N1CCC(Oc2ccc(S(=O)(=O)C(F)(F)F)cc2)CC1. The Hall–Kier alpha value is -1.97. The first kappa shape index (κ1) is 21.3. The smallest absolute Gasteiger partial charge is 0.490 e. The third-order valence-corrected chi connectivity index (χ3v) is 5.34. The maximum Gasteiger partial charge on any atom is 0.501 e. The lowest BCUT2D eigenvalue weighted by Gasteiger charge is -2.33. The molecule has 0 bridgehead atoms. The summed E-state index contributed by atoms with van der Waals surface area (Å²) in [5, 5.41) is 0. The van der Waals surface area contributed by atoms with Crippen molar-refractivity contribution < 1.29 is 35.9 Å². The minimum atomic E-state index is -5.37. The Bertz CT molecular complexity index is 761. The summed E-state index contributed by atoms with van der Waals surface area (Å²) in [6.07, 6.45) is 0.431. The summed E-state index contributed by atoms with van der Waals surface area (Å²) in [4.78, 5) is 12.7. The number of amides is 1. The number of ether oxygens (including phenoxy) is 2. The van der Waals surface area contributed by atoms with Crippen LogP contribution in [0.25, 0.3) is 0 Å². The highest BCUT2D eigenvalue weighted by molar-refractivity contribution is 7.92. The fraction of sp³-hybridized carbons (Fsp3) is 0.588. The van der Waals surface area contributed by atoms with Gasteiger partial charge in [-0.05, 0) is 45.0 Å². The summed E-state index contributed by atoms with van der Waals surface area (Å²) in [5.74, 6) is 0.270. The van der Waals surface area contributed by atoms with Gasteiger partial charge in [-0.3, -0.25) is 0 Å². The summed E-state index contributed by atoms with van der Waals surface area (Å²) in [5.41, 5.74) is -5.92. The lowest BCUT2D eigenvalue weighted by Crippen LogP contribution is -2.44. The van der Waals surface area contributed by atoms with Crippen LogP contribution in [0.5, 0.6) is 5.75 Å². The van der Waals surface area contributed by atoms with Gasteiger partial charge in [-0.25, -0.2) is 13.2 Å². The van der Waals surface area contributed by atoms with Crippen molar-refractivity contribution in [2.75, 3.05) is 13.1 Å². The van der Waals surface area contributed by atoms with E-state index in [2.05, 4.69) is 0 Å². The number of rotatable bonds is 3. The number of likely N-dealkylation sites (tertiary alicyclic amines) is 1. The standard InChI is InChI=1S/C17H22F3NO5S/c1-16(2,3)26-15(22)21-10-8-13(9-11-21)25-12-4-6-14(7-5-12)27(23,24)17(18,19)20/h4-7,13H,8-11H2,1-3H3. The molecule has 10 heteroatoms. The van der Waals surface area contributed by atoms with Crippen molar-refractivity contribution in [2.45, 2.75) is 55.7 Å². The molecule has 27 heavy (non-hydrogen) atoms. The molecule has 0 unspecified atom stereocenters. The van der Waals surface area contributed by atoms with Gasteiger partial charge in [0.1, 0.15) is 17.5 Å². The van der Waals surface area contributed by atoms with Gasteiger partial charge in [0.2, 0.25) is 0 Å². The van der Waals surface area contributed by atoms with Crippen LogP contribution in [0.2, 0.25) is 0 Å². The topological polar surface area (TPSA) is 72.9 Å². The van der Waals surface area contributed by atoms with Crippen molar-refractivity contribution in [1.82, 2.24) is 4.90 Å². The Kier molecular flexibility index (Phi) is 5.98. The maximum absolute atomic E-state index is 12.5. The molecule has 1 amide bonds. The molecule has 152 valence electrons. The van der Waals surface area contributed by atoms with Crippen LogP contribution in [0, 0.1) is 0 Å². The zero-order valence-electron chi connectivity index (χ0n) is 15.2. The van der Waals surface area contributed by atoms with E-state index in [1.54, 1.807) is 25.7 Å². The Balaban J connectivity index is 1.92. The molecular weight excluding hydrogens is 387 g/mol. The minimum Gasteiger partial charge on any atom is -0.490 e. The van der Waals surface area contributed by atoms with Crippen LogP contribution >= 0.6 is 0 Å². The third-order valence-electron chi connectivity index (χ3n) is 3.84. The van der Waals surface area contributed by atoms with Crippen LogP contribution in [0.1, 0.15) is 33.6 Å². The van der Waals surface area contributed by atoms with E-state index in [0.717, 1.165) is 12.1 Å². The lowest BCUT2D eigenvalue weighted by molar-refractivity contribution is -0.0436. The number of benzene rings is 1. The van der Waals surface area contributed by atoms with E-state index in [4.69, 9.17) is 9.47 Å². The van der Waals surface area contributed by atoms with Gasteiger partial charge in [0.15, 0.2) is 0 Å². The third kappa shape index (κ3) is 5.50. The number of carbonyl (C=O) groups excluding carboxylic acids is 1. The van der Waals surface area contributed by atoms with E-state index in [-0.39, 0.29) is 11.9 Å². The summed E-state index contributed by atoms with van der Waals surface area (Å²) >= 11 is 0. The number of halogens is 3. The fourth-order valence-corrected chi connectivity index (χ4v) is 3.27. The number of nitrogens with zero attached hydrogens (tertiary/aromatic N) is 1. The number of alkyl halides is 3. The molecule has 6 nitrogen and oxygen atoms in total. The van der Waals surface area contributed by atoms with E-state index in [1.165, 1.54) is 12.1 Å². The van der Waals surface area contributed by atoms with Crippen LogP contribution in [-0.4, -0.2) is 49.7 Å². The van der Waals surface area contributed by atoms with Crippen molar-refractivity contribution in [3.63, 3.8) is 0 Å². The van der Waals surface area contributed by atoms with Gasteiger partial charge >= 0.3 is 11.6 Å². The molecule has 0 radical (unpaired) electrons. The molecule has 0 aromatic heterocycles. The van der Waals surface area contributed by atoms with Crippen LogP contribution in [0.4, 0.5) is 18.0 Å². The normalized spacial score (nSPS) is 16.9. The predicted octanol–water partition coefficient (Wildman–Crippen LogP) is 3.76. The molecule has 0 spiro atoms. The molecule has 1 heterocycles. The summed E-state index contributed by atoms with van der Waals surface area (Å²) in [6.45, 7) is 6.20. The first-order valence-corrected chi connectivity index (χ1v) is 9.84. The number of piperidine rings is 1. The molecule has 1 aromatic rings. The van der Waals surface area contributed by atoms with E-state index in [0.29, 0.717) is 25.9 Å². The molecule has 0 N–H and O–H groups in total. The van der Waals surface area contributed by atoms with Gasteiger partial charge in [0.25, 0.3) is 9.84 Å². The van der Waals surface area contributed by atoms with Crippen molar-refractivity contribution in [2.24, 2.45) is 0 Å². The Morgan fingerprint density at radius 3 is 2.04 bits per heavy atom. The molecule has 1 aromatic carbocycles. The van der Waals surface area contributed by atoms with Gasteiger partial charge in [-0.1, -0.05) is 0 Å². The number of sulfone groups is 1. The average molecular weight is 409 g/mol. The second kappa shape index (κ2) is 7.57. The molecule has 1 fully saturated rings. The Labute approximate surface area is 156 Å². The van der Waals surface area contributed by atoms with E-state index in [9.17, 15) is 26.4 Å². The van der Waals surface area contributed by atoms with Crippen molar-refractivity contribution >= 4 is 15.9 Å². The van der Waals surface area contributed by atoms with E-state index in [1.807, 2.05) is 0 Å². The zero-order valence-corrected chi connectivity index (χ0v) is 16.1. The van der Waals surface area contributed by atoms with Gasteiger partial charge in [-0.2, -0.15) is 13.2 Å². The number of carbonyl (C=O) groups is 1. The summed E-state index contributed by atoms with van der Waals surface area (Å²) < 4.78 is 71.3. The van der Waals surface area contributed by atoms with Crippen molar-refractivity contribution in [3.05, 3.63) is 24.3 Å². The molecule has 1 saturated heterocycles. The van der Waals surface area contributed by atoms with Gasteiger partial charge in [-0.15, -0.1) is 0 Å². The minimum absolute atomic E-state index is 0.228. The fourth-order valence-electron chi connectivity index (χ4n) is 2.51. The molecular formula is C17H22F3NO5S. The van der Waals surface area contributed by atoms with E-state index >= 15 is 0 Å².